The maximum Gasteiger partial charge on any atom is 0.261 e. The third-order valence-electron chi connectivity index (χ3n) is 9.90. The van der Waals surface area contributed by atoms with E-state index in [1.807, 2.05) is 84.9 Å². The van der Waals surface area contributed by atoms with Gasteiger partial charge in [-0.3, -0.25) is 48.9 Å². The molecule has 0 bridgehead atoms. The summed E-state index contributed by atoms with van der Waals surface area (Å²) >= 11 is 0. The molecule has 0 radical (unpaired) electrons. The molecule has 0 fully saturated rings. The maximum atomic E-state index is 13.4. The van der Waals surface area contributed by atoms with E-state index >= 15 is 0 Å². The van der Waals surface area contributed by atoms with E-state index in [9.17, 15) is 19.2 Å². The molecule has 2 aliphatic rings. The standard InChI is InChI=1S/C28H36N4O4.4C5H5N/c1-5-29(6-2)13-15-31-23(33)17-19-9-11-21-26-22(12-10-20(25(19)26)18-24(31)34)28(36)32(27(21)35)16-14-30(7-3)8-4;4*1-2-4-6-5-3-1/h9-12H,5-8,13-18H2,1-4H3;4*1-5H. The van der Waals surface area contributed by atoms with E-state index in [0.717, 1.165) is 37.3 Å². The molecule has 0 saturated carbocycles. The Bertz CT molecular complexity index is 1860. The Morgan fingerprint density at radius 1 is 0.433 bits per heavy atom. The molecule has 12 heteroatoms. The maximum absolute atomic E-state index is 13.4. The highest BCUT2D eigenvalue weighted by atomic mass is 16.2. The molecule has 60 heavy (non-hydrogen) atoms. The second kappa shape index (κ2) is 25.8. The normalized spacial score (nSPS) is 12.8. The minimum absolute atomic E-state index is 0.0608. The molecule has 0 unspecified atom stereocenters. The molecule has 0 saturated heterocycles. The first kappa shape index (κ1) is 46.2. The van der Waals surface area contributed by atoms with Gasteiger partial charge in [0.05, 0.1) is 12.8 Å². The lowest BCUT2D eigenvalue weighted by molar-refractivity contribution is -0.144. The summed E-state index contributed by atoms with van der Waals surface area (Å²) in [5.41, 5.74) is 2.44. The number of aromatic nitrogens is 4. The summed E-state index contributed by atoms with van der Waals surface area (Å²) in [5.74, 6) is -1.12. The van der Waals surface area contributed by atoms with Gasteiger partial charge in [-0.05, 0) is 103 Å². The lowest BCUT2D eigenvalue weighted by Gasteiger charge is -2.31. The minimum Gasteiger partial charge on any atom is -0.302 e. The summed E-state index contributed by atoms with van der Waals surface area (Å²) in [6, 6.07) is 30.0. The predicted octanol–water partition coefficient (Wildman–Crippen LogP) is 6.90. The smallest absolute Gasteiger partial charge is 0.261 e. The molecule has 2 aliphatic heterocycles. The van der Waals surface area contributed by atoms with Crippen molar-refractivity contribution >= 4 is 34.4 Å². The van der Waals surface area contributed by atoms with E-state index in [2.05, 4.69) is 57.4 Å². The van der Waals surface area contributed by atoms with Crippen LogP contribution in [0.4, 0.5) is 0 Å². The number of hydrogen-bond acceptors (Lipinski definition) is 10. The van der Waals surface area contributed by atoms with Crippen molar-refractivity contribution in [2.75, 3.05) is 52.4 Å². The summed E-state index contributed by atoms with van der Waals surface area (Å²) in [4.78, 5) is 75.4. The fourth-order valence-corrected chi connectivity index (χ4v) is 6.60. The van der Waals surface area contributed by atoms with Gasteiger partial charge < -0.3 is 9.80 Å². The van der Waals surface area contributed by atoms with Crippen molar-refractivity contribution in [2.24, 2.45) is 0 Å². The van der Waals surface area contributed by atoms with E-state index < -0.39 is 0 Å². The Morgan fingerprint density at radius 3 is 1.02 bits per heavy atom. The number of amides is 4. The average molecular weight is 809 g/mol. The number of imide groups is 2. The van der Waals surface area contributed by atoms with Gasteiger partial charge >= 0.3 is 0 Å². The van der Waals surface area contributed by atoms with Crippen molar-refractivity contribution in [3.8, 4) is 0 Å². The molecule has 4 amide bonds. The van der Waals surface area contributed by atoms with E-state index in [0.29, 0.717) is 48.1 Å². The number of benzene rings is 2. The Kier molecular flexibility index (Phi) is 19.8. The minimum atomic E-state index is -0.316. The third kappa shape index (κ3) is 13.8. The van der Waals surface area contributed by atoms with Crippen molar-refractivity contribution in [2.45, 2.75) is 40.5 Å². The molecule has 12 nitrogen and oxygen atoms in total. The second-order valence-electron chi connectivity index (χ2n) is 13.5. The molecular weight excluding hydrogens is 753 g/mol. The Labute approximate surface area is 353 Å². The van der Waals surface area contributed by atoms with Gasteiger partial charge in [0, 0.05) is 92.3 Å². The van der Waals surface area contributed by atoms with Gasteiger partial charge in [0.25, 0.3) is 11.8 Å². The zero-order chi connectivity index (χ0) is 43.0. The van der Waals surface area contributed by atoms with Crippen LogP contribution in [0.3, 0.4) is 0 Å². The highest BCUT2D eigenvalue weighted by Crippen LogP contribution is 2.36. The van der Waals surface area contributed by atoms with E-state index in [4.69, 9.17) is 0 Å². The monoisotopic (exact) mass is 808 g/mol. The summed E-state index contributed by atoms with van der Waals surface area (Å²) < 4.78 is 0. The van der Waals surface area contributed by atoms with Crippen molar-refractivity contribution in [1.82, 2.24) is 39.5 Å². The first-order valence-corrected chi connectivity index (χ1v) is 20.5. The topological polar surface area (TPSA) is 133 Å². The van der Waals surface area contributed by atoms with Crippen molar-refractivity contribution in [3.63, 3.8) is 0 Å². The van der Waals surface area contributed by atoms with Gasteiger partial charge in [-0.25, -0.2) is 0 Å². The van der Waals surface area contributed by atoms with Crippen LogP contribution in [0, 0.1) is 0 Å². The zero-order valence-electron chi connectivity index (χ0n) is 35.1. The van der Waals surface area contributed by atoms with Crippen LogP contribution < -0.4 is 0 Å². The lowest BCUT2D eigenvalue weighted by atomic mass is 9.86. The van der Waals surface area contributed by atoms with Crippen LogP contribution in [0.25, 0.3) is 10.8 Å². The molecule has 0 aliphatic carbocycles. The van der Waals surface area contributed by atoms with Crippen LogP contribution in [0.1, 0.15) is 59.5 Å². The van der Waals surface area contributed by atoms with Gasteiger partial charge in [-0.15, -0.1) is 0 Å². The molecule has 0 atom stereocenters. The summed E-state index contributed by atoms with van der Waals surface area (Å²) in [7, 11) is 0. The zero-order valence-corrected chi connectivity index (χ0v) is 35.1. The molecule has 6 aromatic rings. The van der Waals surface area contributed by atoms with Gasteiger partial charge in [-0.1, -0.05) is 64.1 Å². The average Bonchev–Trinajstić information content (AvgIpc) is 3.31. The molecular formula is C48H56N8O4. The van der Waals surface area contributed by atoms with Crippen LogP contribution in [0.5, 0.6) is 0 Å². The number of carbonyl (C=O) groups excluding carboxylic acids is 4. The number of carbonyl (C=O) groups is 4. The summed E-state index contributed by atoms with van der Waals surface area (Å²) in [5, 5.41) is 1.29. The number of nitrogens with zero attached hydrogens (tertiary/aromatic N) is 8. The van der Waals surface area contributed by atoms with Gasteiger partial charge in [0.15, 0.2) is 0 Å². The molecule has 2 aromatic carbocycles. The summed E-state index contributed by atoms with van der Waals surface area (Å²) in [6.45, 7) is 13.6. The largest absolute Gasteiger partial charge is 0.302 e. The lowest BCUT2D eigenvalue weighted by Crippen LogP contribution is -2.45. The van der Waals surface area contributed by atoms with E-state index in [1.54, 1.807) is 61.7 Å². The Morgan fingerprint density at radius 2 is 0.750 bits per heavy atom. The predicted molar refractivity (Wildman–Crippen MR) is 236 cm³/mol. The number of likely N-dealkylation sites (N-methyl/N-ethyl adjacent to an activating group) is 2. The first-order valence-electron chi connectivity index (χ1n) is 20.5. The van der Waals surface area contributed by atoms with E-state index in [1.165, 1.54) is 9.80 Å². The molecule has 0 N–H and O–H groups in total. The molecule has 4 aromatic heterocycles. The SMILES string of the molecule is CCN(CC)CCN1C(=O)Cc2ccc3c4c(ccc(c24)CC1=O)C(=O)N(CCN(CC)CC)C3=O.c1ccncc1.c1ccncc1.c1ccncc1.c1ccncc1. The van der Waals surface area contributed by atoms with Crippen LogP contribution >= 0.6 is 0 Å². The van der Waals surface area contributed by atoms with Crippen molar-refractivity contribution in [1.29, 1.82) is 0 Å². The Hall–Kier alpha value is -6.50. The van der Waals surface area contributed by atoms with Crippen LogP contribution in [0.15, 0.2) is 147 Å². The fourth-order valence-electron chi connectivity index (χ4n) is 6.60. The number of rotatable bonds is 10. The fraction of sp³-hybridized carbons (Fsp3) is 0.292. The molecule has 312 valence electrons. The quantitative estimate of drug-likeness (QED) is 0.135. The van der Waals surface area contributed by atoms with Crippen molar-refractivity contribution in [3.05, 3.63) is 169 Å². The summed E-state index contributed by atoms with van der Waals surface area (Å²) in [6.07, 6.45) is 14.1. The second-order valence-corrected chi connectivity index (χ2v) is 13.5. The molecule has 8 rings (SSSR count). The number of hydrogen-bond donors (Lipinski definition) is 0. The Balaban J connectivity index is 0.000000261. The van der Waals surface area contributed by atoms with E-state index in [-0.39, 0.29) is 36.5 Å². The van der Waals surface area contributed by atoms with Crippen LogP contribution in [-0.2, 0) is 22.4 Å². The van der Waals surface area contributed by atoms with Crippen LogP contribution in [0.2, 0.25) is 0 Å². The highest BCUT2D eigenvalue weighted by Gasteiger charge is 2.36. The van der Waals surface area contributed by atoms with Gasteiger partial charge in [-0.2, -0.15) is 0 Å². The van der Waals surface area contributed by atoms with Crippen LogP contribution in [-0.4, -0.2) is 116 Å². The highest BCUT2D eigenvalue weighted by molar-refractivity contribution is 6.26. The molecule has 0 spiro atoms. The van der Waals surface area contributed by atoms with Gasteiger partial charge in [0.2, 0.25) is 11.8 Å². The van der Waals surface area contributed by atoms with Gasteiger partial charge in [0.1, 0.15) is 0 Å². The first-order chi connectivity index (χ1) is 29.3. The third-order valence-corrected chi connectivity index (χ3v) is 9.90. The molecule has 6 heterocycles. The van der Waals surface area contributed by atoms with Crippen molar-refractivity contribution < 1.29 is 19.2 Å². The number of pyridine rings is 4.